The Bertz CT molecular complexity index is 1180. The van der Waals surface area contributed by atoms with E-state index in [1.54, 1.807) is 13.8 Å². The summed E-state index contributed by atoms with van der Waals surface area (Å²) in [6.07, 6.45) is 14.5. The number of rotatable bonds is 7. The smallest absolute Gasteiger partial charge is 0.309 e. The molecule has 5 rings (SSSR count). The summed E-state index contributed by atoms with van der Waals surface area (Å²) in [5.74, 6) is 1.15. The van der Waals surface area contributed by atoms with E-state index in [4.69, 9.17) is 9.47 Å². The van der Waals surface area contributed by atoms with Crippen molar-refractivity contribution in [2.75, 3.05) is 0 Å². The first kappa shape index (κ1) is 34.7. The van der Waals surface area contributed by atoms with E-state index in [-0.39, 0.29) is 40.7 Å². The maximum Gasteiger partial charge on any atom is 0.309 e. The summed E-state index contributed by atoms with van der Waals surface area (Å²) in [4.78, 5) is 37.4. The standard InChI is InChI=1S/C39H64O6/c1-33(2,3)45-30(40)17-21-39-18-11-12-26(39)25-13-14-28-36(8)19-16-29(44-31(41)24-34(4,5)32(42)43)35(6,7)27(36)15-20-38(28,10)37(25,9)22-23-39/h25-29H,11-24H2,1-10H3,(H,42,43)/t25-,26-,27?,28?,29+,36+,37-,38-,39+/m1/s1. The van der Waals surface area contributed by atoms with Crippen LogP contribution in [0.2, 0.25) is 0 Å². The van der Waals surface area contributed by atoms with Crippen LogP contribution in [0.15, 0.2) is 0 Å². The first-order valence-corrected chi connectivity index (χ1v) is 18.3. The van der Waals surface area contributed by atoms with Crippen LogP contribution in [-0.2, 0) is 23.9 Å². The second kappa shape index (κ2) is 11.2. The topological polar surface area (TPSA) is 89.9 Å². The van der Waals surface area contributed by atoms with Crippen LogP contribution in [0.1, 0.15) is 159 Å². The molecular formula is C39H64O6. The molecule has 0 heterocycles. The van der Waals surface area contributed by atoms with Crippen LogP contribution >= 0.6 is 0 Å². The fraction of sp³-hybridized carbons (Fsp3) is 0.923. The lowest BCUT2D eigenvalue weighted by Gasteiger charge is -2.72. The van der Waals surface area contributed by atoms with Crippen molar-refractivity contribution < 1.29 is 29.0 Å². The summed E-state index contributed by atoms with van der Waals surface area (Å²) < 4.78 is 11.9. The van der Waals surface area contributed by atoms with Gasteiger partial charge in [0.15, 0.2) is 0 Å². The van der Waals surface area contributed by atoms with Crippen LogP contribution in [0.4, 0.5) is 0 Å². The Kier molecular flexibility index (Phi) is 8.68. The molecule has 0 amide bonds. The Morgan fingerprint density at radius 1 is 0.733 bits per heavy atom. The van der Waals surface area contributed by atoms with Gasteiger partial charge in [0.25, 0.3) is 0 Å². The normalized spacial score (nSPS) is 42.4. The summed E-state index contributed by atoms with van der Waals surface area (Å²) in [7, 11) is 0. The van der Waals surface area contributed by atoms with Crippen LogP contribution < -0.4 is 0 Å². The van der Waals surface area contributed by atoms with E-state index in [2.05, 4.69) is 34.6 Å². The third-order valence-corrected chi connectivity index (χ3v) is 15.2. The lowest BCUT2D eigenvalue weighted by molar-refractivity contribution is -0.249. The summed E-state index contributed by atoms with van der Waals surface area (Å²) in [6, 6.07) is 0. The second-order valence-corrected chi connectivity index (χ2v) is 19.3. The van der Waals surface area contributed by atoms with E-state index < -0.39 is 17.0 Å². The highest BCUT2D eigenvalue weighted by Crippen LogP contribution is 2.77. The van der Waals surface area contributed by atoms with Gasteiger partial charge in [0, 0.05) is 11.8 Å². The zero-order chi connectivity index (χ0) is 33.4. The van der Waals surface area contributed by atoms with Crippen molar-refractivity contribution in [2.45, 2.75) is 171 Å². The van der Waals surface area contributed by atoms with Crippen molar-refractivity contribution in [3.8, 4) is 0 Å². The lowest BCUT2D eigenvalue weighted by atomic mass is 9.32. The molecule has 256 valence electrons. The second-order valence-electron chi connectivity index (χ2n) is 19.3. The quantitative estimate of drug-likeness (QED) is 0.283. The number of carboxylic acid groups (broad SMARTS) is 1. The molecule has 45 heavy (non-hydrogen) atoms. The largest absolute Gasteiger partial charge is 0.481 e. The molecule has 5 aliphatic rings. The van der Waals surface area contributed by atoms with Crippen molar-refractivity contribution in [3.05, 3.63) is 0 Å². The molecule has 2 unspecified atom stereocenters. The number of fused-ring (bicyclic) bond motifs is 7. The molecule has 5 fully saturated rings. The Hall–Kier alpha value is -1.59. The molecule has 5 aliphatic carbocycles. The first-order chi connectivity index (χ1) is 20.6. The number of carbonyl (C=O) groups excluding carboxylic acids is 2. The van der Waals surface area contributed by atoms with Gasteiger partial charge in [-0.25, -0.2) is 0 Å². The minimum absolute atomic E-state index is 0.0349. The van der Waals surface area contributed by atoms with Crippen LogP contribution in [0, 0.1) is 56.2 Å². The minimum Gasteiger partial charge on any atom is -0.481 e. The highest BCUT2D eigenvalue weighted by molar-refractivity contribution is 5.81. The van der Waals surface area contributed by atoms with Crippen LogP contribution in [0.5, 0.6) is 0 Å². The van der Waals surface area contributed by atoms with Gasteiger partial charge in [-0.05, 0) is 151 Å². The fourth-order valence-corrected chi connectivity index (χ4v) is 12.7. The molecule has 0 radical (unpaired) electrons. The average Bonchev–Trinajstić information content (AvgIpc) is 3.33. The van der Waals surface area contributed by atoms with Crippen molar-refractivity contribution in [2.24, 2.45) is 56.2 Å². The molecule has 0 saturated heterocycles. The van der Waals surface area contributed by atoms with Gasteiger partial charge in [-0.1, -0.05) is 41.0 Å². The summed E-state index contributed by atoms with van der Waals surface area (Å²) >= 11 is 0. The lowest BCUT2D eigenvalue weighted by Crippen LogP contribution is -2.66. The van der Waals surface area contributed by atoms with Gasteiger partial charge in [0.2, 0.25) is 0 Å². The Morgan fingerprint density at radius 2 is 1.42 bits per heavy atom. The Balaban J connectivity index is 1.33. The first-order valence-electron chi connectivity index (χ1n) is 18.3. The van der Waals surface area contributed by atoms with Crippen LogP contribution in [-0.4, -0.2) is 34.7 Å². The van der Waals surface area contributed by atoms with Crippen LogP contribution in [0.25, 0.3) is 0 Å². The van der Waals surface area contributed by atoms with Crippen molar-refractivity contribution >= 4 is 17.9 Å². The number of hydrogen-bond donors (Lipinski definition) is 1. The van der Waals surface area contributed by atoms with E-state index in [1.165, 1.54) is 51.4 Å². The van der Waals surface area contributed by atoms with Crippen molar-refractivity contribution in [1.82, 2.24) is 0 Å². The molecule has 0 spiro atoms. The van der Waals surface area contributed by atoms with E-state index in [9.17, 15) is 19.5 Å². The number of aliphatic carboxylic acids is 1. The van der Waals surface area contributed by atoms with Gasteiger partial charge in [0.05, 0.1) is 11.8 Å². The zero-order valence-electron chi connectivity index (χ0n) is 30.3. The molecule has 6 heteroatoms. The zero-order valence-corrected chi connectivity index (χ0v) is 30.3. The van der Waals surface area contributed by atoms with E-state index in [0.29, 0.717) is 35.0 Å². The number of esters is 2. The third kappa shape index (κ3) is 5.68. The molecule has 0 aliphatic heterocycles. The highest BCUT2D eigenvalue weighted by Gasteiger charge is 2.70. The molecule has 6 nitrogen and oxygen atoms in total. The highest BCUT2D eigenvalue weighted by atomic mass is 16.6. The predicted octanol–water partition coefficient (Wildman–Crippen LogP) is 9.38. The fourth-order valence-electron chi connectivity index (χ4n) is 12.7. The maximum atomic E-state index is 13.0. The summed E-state index contributed by atoms with van der Waals surface area (Å²) in [5, 5.41) is 9.55. The molecular weight excluding hydrogens is 564 g/mol. The predicted molar refractivity (Wildman–Crippen MR) is 176 cm³/mol. The van der Waals surface area contributed by atoms with Crippen molar-refractivity contribution in [3.63, 3.8) is 0 Å². The monoisotopic (exact) mass is 628 g/mol. The van der Waals surface area contributed by atoms with Crippen LogP contribution in [0.3, 0.4) is 0 Å². The summed E-state index contributed by atoms with van der Waals surface area (Å²) in [5.41, 5.74) is -0.666. The molecule has 9 atom stereocenters. The van der Waals surface area contributed by atoms with Crippen molar-refractivity contribution in [1.29, 1.82) is 0 Å². The van der Waals surface area contributed by atoms with E-state index >= 15 is 0 Å². The number of ether oxygens (including phenoxy) is 2. The molecule has 0 aromatic heterocycles. The SMILES string of the molecule is CC(C)(C)OC(=O)CC[C@]12CCC[C@@H]1[C@H]1CCC3[C@@]4(C)CC[C@H](OC(=O)CC(C)(C)C(=O)O)C(C)(C)C4CC[C@@]3(C)[C@]1(C)CC2. The molecule has 5 saturated carbocycles. The molecule has 0 aromatic rings. The van der Waals surface area contributed by atoms with E-state index in [1.807, 2.05) is 20.8 Å². The minimum atomic E-state index is -1.13. The molecule has 0 bridgehead atoms. The van der Waals surface area contributed by atoms with Gasteiger partial charge >= 0.3 is 17.9 Å². The van der Waals surface area contributed by atoms with Gasteiger partial charge in [-0.15, -0.1) is 0 Å². The average molecular weight is 629 g/mol. The molecule has 0 aromatic carbocycles. The number of hydrogen-bond acceptors (Lipinski definition) is 5. The summed E-state index contributed by atoms with van der Waals surface area (Å²) in [6.45, 7) is 21.6. The molecule has 1 N–H and O–H groups in total. The van der Waals surface area contributed by atoms with Gasteiger partial charge in [-0.3, -0.25) is 14.4 Å². The Morgan fingerprint density at radius 3 is 2.07 bits per heavy atom. The third-order valence-electron chi connectivity index (χ3n) is 15.2. The number of carboxylic acids is 1. The Labute approximate surface area is 273 Å². The number of carbonyl (C=O) groups is 3. The van der Waals surface area contributed by atoms with Gasteiger partial charge in [-0.2, -0.15) is 0 Å². The van der Waals surface area contributed by atoms with Gasteiger partial charge < -0.3 is 14.6 Å². The maximum absolute atomic E-state index is 13.0. The van der Waals surface area contributed by atoms with Gasteiger partial charge in [0.1, 0.15) is 11.7 Å². The van der Waals surface area contributed by atoms with E-state index in [0.717, 1.165) is 31.6 Å².